The molecule has 1 unspecified atom stereocenters. The molecule has 0 radical (unpaired) electrons. The highest BCUT2D eigenvalue weighted by atomic mass is 16.4. The summed E-state index contributed by atoms with van der Waals surface area (Å²) in [5, 5.41) is 17.7. The Labute approximate surface area is 124 Å². The van der Waals surface area contributed by atoms with E-state index in [0.29, 0.717) is 18.2 Å². The Morgan fingerprint density at radius 1 is 1.33 bits per heavy atom. The van der Waals surface area contributed by atoms with Crippen molar-refractivity contribution in [3.05, 3.63) is 48.0 Å². The maximum Gasteiger partial charge on any atom is 0.314 e. The Bertz CT molecular complexity index is 607. The summed E-state index contributed by atoms with van der Waals surface area (Å²) in [7, 11) is 0. The van der Waals surface area contributed by atoms with Gasteiger partial charge in [0.2, 0.25) is 0 Å². The number of nitrogens with zero attached hydrogens (tertiary/aromatic N) is 3. The summed E-state index contributed by atoms with van der Waals surface area (Å²) < 4.78 is 1.94. The fourth-order valence-corrected chi connectivity index (χ4v) is 2.39. The lowest BCUT2D eigenvalue weighted by atomic mass is 9.79. The smallest absolute Gasteiger partial charge is 0.314 e. The van der Waals surface area contributed by atoms with Gasteiger partial charge in [0, 0.05) is 13.0 Å². The summed E-state index contributed by atoms with van der Waals surface area (Å²) in [4.78, 5) is 11.8. The normalized spacial score (nSPS) is 14.1. The quantitative estimate of drug-likeness (QED) is 0.886. The van der Waals surface area contributed by atoms with Crippen LogP contribution in [0.3, 0.4) is 0 Å². The molecule has 0 fully saturated rings. The second kappa shape index (κ2) is 6.08. The van der Waals surface area contributed by atoms with Gasteiger partial charge in [0.25, 0.3) is 0 Å². The van der Waals surface area contributed by atoms with Crippen LogP contribution in [-0.2, 0) is 23.2 Å². The van der Waals surface area contributed by atoms with Crippen LogP contribution in [0.4, 0.5) is 0 Å². The van der Waals surface area contributed by atoms with Crippen LogP contribution in [-0.4, -0.2) is 25.8 Å². The van der Waals surface area contributed by atoms with E-state index < -0.39 is 11.4 Å². The Kier molecular flexibility index (Phi) is 4.40. The van der Waals surface area contributed by atoms with E-state index in [4.69, 9.17) is 0 Å². The topological polar surface area (TPSA) is 68.0 Å². The third-order valence-electron chi connectivity index (χ3n) is 3.65. The van der Waals surface area contributed by atoms with Gasteiger partial charge in [0.05, 0.1) is 5.41 Å². The maximum absolute atomic E-state index is 11.8. The lowest BCUT2D eigenvalue weighted by Crippen LogP contribution is -2.36. The van der Waals surface area contributed by atoms with Gasteiger partial charge in [-0.15, -0.1) is 10.2 Å². The average molecular weight is 287 g/mol. The van der Waals surface area contributed by atoms with Gasteiger partial charge in [-0.2, -0.15) is 0 Å². The first-order valence-electron chi connectivity index (χ1n) is 7.09. The Balaban J connectivity index is 2.34. The number of carboxylic acid groups (broad SMARTS) is 1. The number of hydrogen-bond donors (Lipinski definition) is 1. The highest BCUT2D eigenvalue weighted by Gasteiger charge is 2.37. The van der Waals surface area contributed by atoms with Crippen LogP contribution < -0.4 is 0 Å². The van der Waals surface area contributed by atoms with Crippen LogP contribution in [0.15, 0.2) is 36.7 Å². The van der Waals surface area contributed by atoms with Gasteiger partial charge in [-0.25, -0.2) is 0 Å². The molecule has 5 nitrogen and oxygen atoms in total. The van der Waals surface area contributed by atoms with Crippen LogP contribution in [0.1, 0.15) is 32.2 Å². The minimum atomic E-state index is -1.01. The van der Waals surface area contributed by atoms with Crippen molar-refractivity contribution in [2.75, 3.05) is 0 Å². The number of benzene rings is 1. The molecule has 2 rings (SSSR count). The first kappa shape index (κ1) is 15.2. The minimum Gasteiger partial charge on any atom is -0.481 e. The number of carbonyl (C=O) groups is 1. The second-order valence-electron chi connectivity index (χ2n) is 5.97. The van der Waals surface area contributed by atoms with Gasteiger partial charge in [0.1, 0.15) is 12.2 Å². The highest BCUT2D eigenvalue weighted by Crippen LogP contribution is 2.28. The Morgan fingerprint density at radius 2 is 2.00 bits per heavy atom. The lowest BCUT2D eigenvalue weighted by molar-refractivity contribution is -0.143. The molecular formula is C16H21N3O2. The molecule has 1 heterocycles. The van der Waals surface area contributed by atoms with E-state index in [1.165, 1.54) is 0 Å². The molecule has 0 aliphatic rings. The van der Waals surface area contributed by atoms with Gasteiger partial charge in [0.15, 0.2) is 0 Å². The van der Waals surface area contributed by atoms with Crippen LogP contribution >= 0.6 is 0 Å². The molecule has 0 aliphatic carbocycles. The molecule has 0 saturated heterocycles. The third-order valence-corrected chi connectivity index (χ3v) is 3.65. The molecule has 1 aromatic heterocycles. The van der Waals surface area contributed by atoms with E-state index in [-0.39, 0.29) is 0 Å². The second-order valence-corrected chi connectivity index (χ2v) is 5.97. The zero-order chi connectivity index (χ0) is 15.5. The predicted octanol–water partition coefficient (Wildman–Crippen LogP) is 2.52. The first-order chi connectivity index (χ1) is 9.93. The Morgan fingerprint density at radius 3 is 2.57 bits per heavy atom. The molecule has 0 spiro atoms. The van der Waals surface area contributed by atoms with Crippen LogP contribution in [0, 0.1) is 5.92 Å². The van der Waals surface area contributed by atoms with Crippen LogP contribution in [0.5, 0.6) is 0 Å². The molecule has 0 saturated carbocycles. The van der Waals surface area contributed by atoms with Gasteiger partial charge in [-0.05, 0) is 18.4 Å². The lowest BCUT2D eigenvalue weighted by Gasteiger charge is -2.25. The maximum atomic E-state index is 11.8. The summed E-state index contributed by atoms with van der Waals surface area (Å²) >= 11 is 0. The standard InChI is InChI=1S/C16H21N3O2/c1-12(2)10-19-11-17-18-14(19)9-16(3,15(20)21)13-7-5-4-6-8-13/h4-8,11-12H,9-10H2,1-3H3,(H,20,21). The summed E-state index contributed by atoms with van der Waals surface area (Å²) in [6, 6.07) is 9.28. The van der Waals surface area contributed by atoms with Gasteiger partial charge in [-0.1, -0.05) is 44.2 Å². The fourth-order valence-electron chi connectivity index (χ4n) is 2.39. The van der Waals surface area contributed by atoms with Crippen LogP contribution in [0.2, 0.25) is 0 Å². The SMILES string of the molecule is CC(C)Cn1cnnc1CC(C)(C(=O)O)c1ccccc1. The molecule has 0 aliphatic heterocycles. The zero-order valence-electron chi connectivity index (χ0n) is 12.7. The summed E-state index contributed by atoms with van der Waals surface area (Å²) in [5.74, 6) is 0.304. The van der Waals surface area contributed by atoms with Crippen molar-refractivity contribution in [2.24, 2.45) is 5.92 Å². The molecule has 0 amide bonds. The van der Waals surface area contributed by atoms with E-state index in [9.17, 15) is 9.90 Å². The zero-order valence-corrected chi connectivity index (χ0v) is 12.7. The van der Waals surface area contributed by atoms with E-state index in [2.05, 4.69) is 24.0 Å². The molecule has 0 bridgehead atoms. The van der Waals surface area contributed by atoms with Gasteiger partial charge >= 0.3 is 5.97 Å². The van der Waals surface area contributed by atoms with Gasteiger partial charge < -0.3 is 9.67 Å². The predicted molar refractivity (Wildman–Crippen MR) is 80.0 cm³/mol. The van der Waals surface area contributed by atoms with E-state index in [0.717, 1.165) is 12.1 Å². The fraction of sp³-hybridized carbons (Fsp3) is 0.438. The van der Waals surface area contributed by atoms with Crippen molar-refractivity contribution in [1.82, 2.24) is 14.8 Å². The van der Waals surface area contributed by atoms with Crippen molar-refractivity contribution in [1.29, 1.82) is 0 Å². The molecule has 1 N–H and O–H groups in total. The number of aliphatic carboxylic acids is 1. The average Bonchev–Trinajstić information content (AvgIpc) is 2.85. The van der Waals surface area contributed by atoms with E-state index in [1.54, 1.807) is 13.3 Å². The molecule has 1 atom stereocenters. The highest BCUT2D eigenvalue weighted by molar-refractivity contribution is 5.81. The van der Waals surface area contributed by atoms with Crippen molar-refractivity contribution >= 4 is 5.97 Å². The molecule has 21 heavy (non-hydrogen) atoms. The van der Waals surface area contributed by atoms with Crippen LogP contribution in [0.25, 0.3) is 0 Å². The molecule has 5 heteroatoms. The summed E-state index contributed by atoms with van der Waals surface area (Å²) in [5.41, 5.74) is -0.236. The molecule has 112 valence electrons. The van der Waals surface area contributed by atoms with Crippen molar-refractivity contribution in [3.63, 3.8) is 0 Å². The van der Waals surface area contributed by atoms with Crippen molar-refractivity contribution in [3.8, 4) is 0 Å². The van der Waals surface area contributed by atoms with Gasteiger partial charge in [-0.3, -0.25) is 4.79 Å². The number of aromatic nitrogens is 3. The molecular weight excluding hydrogens is 266 g/mol. The molecule has 2 aromatic rings. The minimum absolute atomic E-state index is 0.319. The monoisotopic (exact) mass is 287 g/mol. The van der Waals surface area contributed by atoms with E-state index in [1.807, 2.05) is 34.9 Å². The summed E-state index contributed by atoms with van der Waals surface area (Å²) in [6.45, 7) is 6.74. The number of rotatable bonds is 6. The number of carboxylic acids is 1. The Hall–Kier alpha value is -2.17. The third kappa shape index (κ3) is 3.29. The van der Waals surface area contributed by atoms with Crippen molar-refractivity contribution < 1.29 is 9.90 Å². The molecule has 1 aromatic carbocycles. The van der Waals surface area contributed by atoms with E-state index >= 15 is 0 Å². The largest absolute Gasteiger partial charge is 0.481 e. The summed E-state index contributed by atoms with van der Waals surface area (Å²) in [6.07, 6.45) is 1.99. The van der Waals surface area contributed by atoms with Crippen molar-refractivity contribution in [2.45, 2.75) is 39.2 Å². The number of hydrogen-bond acceptors (Lipinski definition) is 3. The first-order valence-corrected chi connectivity index (χ1v) is 7.09.